The minimum Gasteiger partial charge on any atom is -0.857 e. The number of methoxy groups -OCH3 is 1. The van der Waals surface area contributed by atoms with Crippen LogP contribution in [0.15, 0.2) is 15.5 Å². The third-order valence-electron chi connectivity index (χ3n) is 8.01. The molecule has 7 amide bonds. The van der Waals surface area contributed by atoms with Crippen LogP contribution in [0, 0.1) is 32.3 Å². The molecule has 2 aromatic rings. The van der Waals surface area contributed by atoms with E-state index in [0.29, 0.717) is 23.3 Å². The number of nitrogens with one attached hydrogen (secondary N) is 11. The monoisotopic (exact) mass is 1910 g/mol. The number of nitrogens with two attached hydrogens (primary N) is 3. The number of aliphatic carboxylic acids is 1. The van der Waals surface area contributed by atoms with E-state index in [2.05, 4.69) is 104 Å². The van der Waals surface area contributed by atoms with Crippen molar-refractivity contribution in [2.45, 2.75) is 236 Å². The van der Waals surface area contributed by atoms with E-state index >= 15 is 0 Å². The van der Waals surface area contributed by atoms with Gasteiger partial charge in [-0.3, -0.25) is 31.3 Å². The van der Waals surface area contributed by atoms with E-state index in [4.69, 9.17) is 141 Å². The first-order chi connectivity index (χ1) is 53.3. The van der Waals surface area contributed by atoms with E-state index in [0.717, 1.165) is 33.6 Å². The van der Waals surface area contributed by atoms with Crippen LogP contribution in [0.5, 0.6) is 0 Å². The number of amides is 7. The molecular weight excluding hydrogens is 1780 g/mol. The van der Waals surface area contributed by atoms with Gasteiger partial charge in [0.25, 0.3) is 5.97 Å². The average molecular weight is 1910 g/mol. The number of aldehydes is 1. The van der Waals surface area contributed by atoms with Crippen LogP contribution in [0.3, 0.4) is 0 Å². The zero-order valence-electron chi connectivity index (χ0n) is 73.9. The number of nitrogens with zero attached hydrogens (tertiary/aromatic N) is 12. The number of hydrazone groups is 2. The number of rotatable bonds is 15. The number of hydrogen-bond donors (Lipinski definition) is 18. The van der Waals surface area contributed by atoms with Gasteiger partial charge in [-0.05, 0) is 145 Å². The summed E-state index contributed by atoms with van der Waals surface area (Å²) in [5, 5.41) is 116. The number of carbonyl (C=O) groups is 9. The molecule has 0 fully saturated rings. The number of amidine groups is 3. The maximum atomic E-state index is 11.5. The smallest absolute Gasteiger partial charge is 0.857 e. The van der Waals surface area contributed by atoms with E-state index in [-0.39, 0.29) is 180 Å². The Kier molecular flexibility index (Phi) is 106. The van der Waals surface area contributed by atoms with Crippen molar-refractivity contribution >= 4 is 138 Å². The molecule has 0 saturated carbocycles. The molecular formula is C63H127Cl5F3N27Na2O23. The molecule has 0 spiro atoms. The number of alkyl carbamates (subject to hydrolysis) is 7. The largest absolute Gasteiger partial charge is 1.00 e. The topological polar surface area (TPSA) is 784 Å². The molecule has 1 aliphatic heterocycles. The van der Waals surface area contributed by atoms with Crippen LogP contribution in [0.4, 0.5) is 46.7 Å². The number of carbonyl (C=O) groups excluding carboxylic acids is 8. The van der Waals surface area contributed by atoms with E-state index < -0.39 is 105 Å². The number of halogens is 8. The van der Waals surface area contributed by atoms with Gasteiger partial charge in [0, 0.05) is 21.1 Å². The first-order valence-corrected chi connectivity index (χ1v) is 34.3. The summed E-state index contributed by atoms with van der Waals surface area (Å²) < 4.78 is 70.1. The molecule has 710 valence electrons. The van der Waals surface area contributed by atoms with Gasteiger partial charge in [0.05, 0.1) is 65.5 Å². The molecule has 2 aromatic heterocycles. The Hall–Kier alpha value is -8.32. The van der Waals surface area contributed by atoms with Crippen LogP contribution in [0.2, 0.25) is 0 Å². The number of alkyl halides is 6. The van der Waals surface area contributed by atoms with Crippen molar-refractivity contribution in [1.29, 1.82) is 16.1 Å². The number of hydrogen-bond acceptors (Lipinski definition) is 41. The Bertz CT molecular complexity index is 3100. The minimum atomic E-state index is -4.64. The molecule has 60 heteroatoms. The summed E-state index contributed by atoms with van der Waals surface area (Å²) in [6, 6.07) is 1.77. The summed E-state index contributed by atoms with van der Waals surface area (Å²) in [5.41, 5.74) is 16.9. The van der Waals surface area contributed by atoms with E-state index in [9.17, 15) is 46.7 Å². The van der Waals surface area contributed by atoms with Crippen LogP contribution < -0.4 is 136 Å². The second-order valence-corrected chi connectivity index (χ2v) is 29.0. The van der Waals surface area contributed by atoms with Crippen LogP contribution in [-0.2, 0) is 73.7 Å². The molecule has 0 bridgehead atoms. The molecule has 3 heterocycles. The van der Waals surface area contributed by atoms with Crippen molar-refractivity contribution in [3.05, 3.63) is 33.4 Å². The summed E-state index contributed by atoms with van der Waals surface area (Å²) in [4.78, 5) is 104. The molecule has 0 unspecified atom stereocenters. The number of aliphatic hydroxyl groups is 2. The Morgan fingerprint density at radius 3 is 0.870 bits per heavy atom. The summed E-state index contributed by atoms with van der Waals surface area (Å²) in [5.74, 6) is 1.17. The third kappa shape index (κ3) is 143. The van der Waals surface area contributed by atoms with Crippen molar-refractivity contribution in [3.63, 3.8) is 0 Å². The van der Waals surface area contributed by atoms with E-state index in [1.54, 1.807) is 151 Å². The van der Waals surface area contributed by atoms with Crippen molar-refractivity contribution < 1.29 is 174 Å². The SMILES string of the molecule is C.CC(=O)O.CC(C)(C)OC(=O)NCC#N.CC(C)(C)OC(=O)NCC(=N)N.CC(C)(C)OC(=O)NCC1=NNC(CNC(=O)OC(C)(C)C)=NN1.CC(C)(C)OC(=O)NCc1nnc(CNC(=O)OC(C)(C)C)nn1.CO.CO.COC(=N)CNC(=O)OC(C)(C)C.C[O-].Cl.Cl.ClC(Cl)Cl.N.NCc1nnc(CN)nn1.O=CC(F)(F)F.O=N[O-].[Na+].[Na+]. The van der Waals surface area contributed by atoms with Gasteiger partial charge in [-0.15, -0.1) is 70.9 Å². The van der Waals surface area contributed by atoms with Gasteiger partial charge in [-0.1, -0.05) is 42.2 Å². The van der Waals surface area contributed by atoms with Crippen LogP contribution in [0.25, 0.3) is 0 Å². The normalized spacial score (nSPS) is 10.2. The maximum absolute atomic E-state index is 11.5. The fourth-order valence-electron chi connectivity index (χ4n) is 4.64. The number of carboxylic acid groups (broad SMARTS) is 1. The van der Waals surface area contributed by atoms with E-state index in [1.165, 1.54) is 7.11 Å². The standard InChI is InChI=1S/C14H26N6O4.C14H24N6O4.C8H16N2O3.C7H15N3O2.C7H12N2O2.C4H8N6.C2HF3O.C2H4O2.CHCl3.2CH4O.CH3O.CH4.2ClH.HNO2.H3N.2Na/c2*1-13(2,3)23-11(21)15-7-9-17-19-10(20-18-9)8-16-12(22)24-14(4,5)6;1-8(2,3)13-7(11)10-5-6(9)12-4;1-7(2,3)12-6(11)10-4-5(8)9;1-7(2,3)11-6(10)9-5-4-8;5-1-3-7-9-4(2-6)10-8-3;3-2(4,5)1-6;1-2(3)4;2-1(3)4;3*1-2;;;;2-1-3;;;/h7-8H2,1-6H3,(H,15,21)(H,16,22)(H,17,18)(H,19,20);7-8H2,1-6H3,(H,15,21)(H,16,22);9H,5H2,1-4H3,(H,10,11);4H2,1-3H3,(H3,8,9)(H,10,11);5H2,1-3H3,(H,9,10);1-2,5-6H2;1H;1H3,(H,3,4);1H;2*2H,1H3;1H3;1H4;2*1H;(H,2,3);1H3;;/q;;;;;;;;;;;-1;;;;;;2*+1/p-1. The number of ether oxygens (including phenoxy) is 8. The molecule has 23 N–H and O–H groups in total. The summed E-state index contributed by atoms with van der Waals surface area (Å²) in [7, 11) is 4.12. The molecule has 0 saturated heterocycles. The van der Waals surface area contributed by atoms with Gasteiger partial charge in [-0.2, -0.15) is 35.7 Å². The minimum absolute atomic E-state index is 0. The first kappa shape index (κ1) is 152. The Morgan fingerprint density at radius 2 is 0.699 bits per heavy atom. The zero-order valence-corrected chi connectivity index (χ0v) is 81.8. The van der Waals surface area contributed by atoms with Crippen molar-refractivity contribution in [1.82, 2.24) is 95.0 Å². The van der Waals surface area contributed by atoms with Crippen molar-refractivity contribution in [2.24, 2.45) is 32.7 Å². The molecule has 50 nitrogen and oxygen atoms in total. The fraction of sp³-hybridized carbons (Fsp3) is 0.714. The van der Waals surface area contributed by atoms with Gasteiger partial charge in [0.1, 0.15) is 51.6 Å². The maximum Gasteiger partial charge on any atom is 1.00 e. The third-order valence-corrected chi connectivity index (χ3v) is 8.01. The van der Waals surface area contributed by atoms with Crippen LogP contribution in [-0.4, -0.2) is 245 Å². The molecule has 0 atom stereocenters. The number of aromatic nitrogens is 8. The summed E-state index contributed by atoms with van der Waals surface area (Å²) in [6.45, 7) is 39.1. The molecule has 0 aromatic carbocycles. The molecule has 123 heavy (non-hydrogen) atoms. The Morgan fingerprint density at radius 1 is 0.512 bits per heavy atom. The van der Waals surface area contributed by atoms with Gasteiger partial charge in [0.2, 0.25) is 6.29 Å². The zero-order chi connectivity index (χ0) is 94.4. The quantitative estimate of drug-likeness (QED) is 0.0127. The fourth-order valence-corrected chi connectivity index (χ4v) is 4.64. The van der Waals surface area contributed by atoms with Crippen LogP contribution >= 0.6 is 59.6 Å². The molecule has 1 aliphatic rings. The average Bonchev–Trinajstić information content (AvgIpc) is 0.889. The number of nitriles is 1. The predicted octanol–water partition coefficient (Wildman–Crippen LogP) is -0.109. The van der Waals surface area contributed by atoms with Gasteiger partial charge >= 0.3 is 108 Å². The molecule has 0 radical (unpaired) electrons. The van der Waals surface area contributed by atoms with Crippen molar-refractivity contribution in [2.75, 3.05) is 61.2 Å². The summed E-state index contributed by atoms with van der Waals surface area (Å²) in [6.07, 6.45) is -9.62. The first-order valence-electron chi connectivity index (χ1n) is 33.0. The predicted molar refractivity (Wildman–Crippen MR) is 446 cm³/mol. The summed E-state index contributed by atoms with van der Waals surface area (Å²) >= 11 is 14.4. The molecule has 3 rings (SSSR count). The second kappa shape index (κ2) is 85.8. The van der Waals surface area contributed by atoms with Crippen LogP contribution in [0.1, 0.15) is 183 Å². The van der Waals surface area contributed by atoms with Gasteiger partial charge < -0.3 is 129 Å². The number of carboxylic acids is 1. The molecule has 0 aliphatic carbocycles. The Labute approximate surface area is 786 Å². The van der Waals surface area contributed by atoms with E-state index in [1.807, 2.05) is 0 Å². The van der Waals surface area contributed by atoms with Gasteiger partial charge in [-0.25, -0.2) is 33.6 Å². The number of aliphatic hydroxyl groups excluding tert-OH is 2. The Balaban J connectivity index is -0.0000000768. The van der Waals surface area contributed by atoms with Gasteiger partial charge in [0.15, 0.2) is 45.2 Å². The van der Waals surface area contributed by atoms with Crippen molar-refractivity contribution in [3.8, 4) is 6.07 Å². The second-order valence-electron chi connectivity index (χ2n) is 27.0.